The average Bonchev–Trinajstić information content (AvgIpc) is 3.20. The van der Waals surface area contributed by atoms with Crippen molar-refractivity contribution in [2.24, 2.45) is 11.8 Å². The van der Waals surface area contributed by atoms with Crippen LogP contribution in [0.2, 0.25) is 0 Å². The lowest BCUT2D eigenvalue weighted by molar-refractivity contribution is 0.440. The molecule has 1 fully saturated rings. The van der Waals surface area contributed by atoms with E-state index in [4.69, 9.17) is 4.98 Å². The molecule has 2 heteroatoms. The van der Waals surface area contributed by atoms with E-state index in [1.807, 2.05) is 0 Å². The molecule has 1 aromatic carbocycles. The third-order valence-corrected chi connectivity index (χ3v) is 4.43. The van der Waals surface area contributed by atoms with E-state index in [1.54, 1.807) is 0 Å². The highest BCUT2D eigenvalue weighted by Gasteiger charge is 2.39. The predicted octanol–water partition coefficient (Wildman–Crippen LogP) is 3.80. The molecule has 0 aliphatic heterocycles. The highest BCUT2D eigenvalue weighted by Crippen LogP contribution is 2.41. The van der Waals surface area contributed by atoms with Gasteiger partial charge in [-0.05, 0) is 43.4 Å². The fourth-order valence-electron chi connectivity index (χ4n) is 3.06. The molecule has 3 unspecified atom stereocenters. The Balaban J connectivity index is 1.75. The van der Waals surface area contributed by atoms with Crippen LogP contribution < -0.4 is 5.32 Å². The molecule has 3 rings (SSSR count). The van der Waals surface area contributed by atoms with E-state index in [0.717, 1.165) is 30.3 Å². The number of aromatic nitrogens is 1. The number of hydrogen-bond donors (Lipinski definition) is 1. The smallest absolute Gasteiger partial charge is 0.0705 e. The minimum atomic E-state index is 0.596. The van der Waals surface area contributed by atoms with Crippen LogP contribution in [0.4, 0.5) is 0 Å². The van der Waals surface area contributed by atoms with Gasteiger partial charge in [-0.1, -0.05) is 38.1 Å². The Kier molecular flexibility index (Phi) is 4.02. The van der Waals surface area contributed by atoms with Crippen LogP contribution in [0.25, 0.3) is 10.9 Å². The van der Waals surface area contributed by atoms with Crippen LogP contribution >= 0.6 is 0 Å². The van der Waals surface area contributed by atoms with Gasteiger partial charge in [0.15, 0.2) is 0 Å². The molecule has 0 bridgehead atoms. The van der Waals surface area contributed by atoms with Gasteiger partial charge in [-0.3, -0.25) is 4.98 Å². The van der Waals surface area contributed by atoms with Crippen molar-refractivity contribution >= 4 is 10.9 Å². The molecule has 0 radical (unpaired) electrons. The SMILES string of the molecule is CCCNC(Cc1ccc2ccccc2n1)C1CC1C. The van der Waals surface area contributed by atoms with Crippen molar-refractivity contribution in [3.63, 3.8) is 0 Å². The second kappa shape index (κ2) is 5.92. The van der Waals surface area contributed by atoms with Crippen molar-refractivity contribution in [3.05, 3.63) is 42.1 Å². The third-order valence-electron chi connectivity index (χ3n) is 4.43. The lowest BCUT2D eigenvalue weighted by Crippen LogP contribution is -2.34. The molecule has 0 saturated heterocycles. The van der Waals surface area contributed by atoms with Crippen LogP contribution in [0, 0.1) is 11.8 Å². The minimum absolute atomic E-state index is 0.596. The van der Waals surface area contributed by atoms with E-state index in [2.05, 4.69) is 55.6 Å². The summed E-state index contributed by atoms with van der Waals surface area (Å²) in [6.07, 6.45) is 3.62. The minimum Gasteiger partial charge on any atom is -0.313 e. The zero-order valence-electron chi connectivity index (χ0n) is 12.5. The summed E-state index contributed by atoms with van der Waals surface area (Å²) >= 11 is 0. The van der Waals surface area contributed by atoms with Gasteiger partial charge in [-0.15, -0.1) is 0 Å². The second-order valence-electron chi connectivity index (χ2n) is 6.14. The molecule has 2 nitrogen and oxygen atoms in total. The average molecular weight is 268 g/mol. The normalized spacial score (nSPS) is 22.9. The van der Waals surface area contributed by atoms with Crippen LogP contribution in [0.3, 0.4) is 0 Å². The van der Waals surface area contributed by atoms with Crippen molar-refractivity contribution in [2.45, 2.75) is 39.2 Å². The highest BCUT2D eigenvalue weighted by atomic mass is 14.9. The largest absolute Gasteiger partial charge is 0.313 e. The van der Waals surface area contributed by atoms with Crippen LogP contribution in [-0.4, -0.2) is 17.6 Å². The molecule has 3 atom stereocenters. The molecular formula is C18H24N2. The molecule has 1 aromatic heterocycles. The zero-order valence-corrected chi connectivity index (χ0v) is 12.5. The molecule has 106 valence electrons. The van der Waals surface area contributed by atoms with Gasteiger partial charge in [-0.2, -0.15) is 0 Å². The first-order valence-electron chi connectivity index (χ1n) is 7.86. The summed E-state index contributed by atoms with van der Waals surface area (Å²) in [5.41, 5.74) is 2.33. The molecule has 1 aliphatic carbocycles. The van der Waals surface area contributed by atoms with Gasteiger partial charge in [-0.25, -0.2) is 0 Å². The lowest BCUT2D eigenvalue weighted by Gasteiger charge is -2.18. The van der Waals surface area contributed by atoms with E-state index >= 15 is 0 Å². The van der Waals surface area contributed by atoms with Crippen molar-refractivity contribution < 1.29 is 0 Å². The molecule has 20 heavy (non-hydrogen) atoms. The standard InChI is InChI=1S/C18H24N2/c1-3-10-19-18(16-11-13(16)2)12-15-9-8-14-6-4-5-7-17(14)20-15/h4-9,13,16,18-19H,3,10-12H2,1-2H3. The summed E-state index contributed by atoms with van der Waals surface area (Å²) in [4.78, 5) is 4.82. The number of rotatable bonds is 6. The van der Waals surface area contributed by atoms with E-state index in [1.165, 1.54) is 23.9 Å². The fourth-order valence-corrected chi connectivity index (χ4v) is 3.06. The van der Waals surface area contributed by atoms with Crippen molar-refractivity contribution in [1.82, 2.24) is 10.3 Å². The summed E-state index contributed by atoms with van der Waals surface area (Å²) in [7, 11) is 0. The first-order valence-corrected chi connectivity index (χ1v) is 7.86. The number of nitrogens with zero attached hydrogens (tertiary/aromatic N) is 1. The molecule has 1 heterocycles. The summed E-state index contributed by atoms with van der Waals surface area (Å²) in [6, 6.07) is 13.4. The number of hydrogen-bond acceptors (Lipinski definition) is 2. The summed E-state index contributed by atoms with van der Waals surface area (Å²) < 4.78 is 0. The van der Waals surface area contributed by atoms with Crippen molar-refractivity contribution in [1.29, 1.82) is 0 Å². The second-order valence-corrected chi connectivity index (χ2v) is 6.14. The quantitative estimate of drug-likeness (QED) is 0.862. The maximum absolute atomic E-state index is 4.82. The van der Waals surface area contributed by atoms with E-state index in [9.17, 15) is 0 Å². The first-order chi connectivity index (χ1) is 9.78. The van der Waals surface area contributed by atoms with Gasteiger partial charge in [0.25, 0.3) is 0 Å². The number of nitrogens with one attached hydrogen (secondary N) is 1. The fraction of sp³-hybridized carbons (Fsp3) is 0.500. The predicted molar refractivity (Wildman–Crippen MR) is 84.8 cm³/mol. The molecule has 1 N–H and O–H groups in total. The molecule has 0 amide bonds. The molecule has 0 spiro atoms. The van der Waals surface area contributed by atoms with Gasteiger partial charge >= 0.3 is 0 Å². The van der Waals surface area contributed by atoms with Gasteiger partial charge < -0.3 is 5.32 Å². The Morgan fingerprint density at radius 2 is 2.05 bits per heavy atom. The lowest BCUT2D eigenvalue weighted by atomic mass is 10.0. The number of para-hydroxylation sites is 1. The Labute approximate surface area is 121 Å². The summed E-state index contributed by atoms with van der Waals surface area (Å²) in [5.74, 6) is 1.72. The Bertz CT molecular complexity index is 578. The zero-order chi connectivity index (χ0) is 13.9. The molecule has 2 aromatic rings. The number of fused-ring (bicyclic) bond motifs is 1. The monoisotopic (exact) mass is 268 g/mol. The van der Waals surface area contributed by atoms with E-state index in [-0.39, 0.29) is 0 Å². The van der Waals surface area contributed by atoms with Crippen molar-refractivity contribution in [3.8, 4) is 0 Å². The summed E-state index contributed by atoms with van der Waals surface area (Å²) in [5, 5.41) is 4.95. The third kappa shape index (κ3) is 3.01. The first kappa shape index (κ1) is 13.6. The van der Waals surface area contributed by atoms with Gasteiger partial charge in [0.1, 0.15) is 0 Å². The van der Waals surface area contributed by atoms with Crippen LogP contribution in [0.15, 0.2) is 36.4 Å². The van der Waals surface area contributed by atoms with E-state index < -0.39 is 0 Å². The Hall–Kier alpha value is -1.41. The van der Waals surface area contributed by atoms with Crippen LogP contribution in [-0.2, 0) is 6.42 Å². The number of benzene rings is 1. The Morgan fingerprint density at radius 3 is 2.80 bits per heavy atom. The summed E-state index contributed by atoms with van der Waals surface area (Å²) in [6.45, 7) is 5.70. The van der Waals surface area contributed by atoms with Gasteiger partial charge in [0, 0.05) is 23.5 Å². The molecule has 1 saturated carbocycles. The topological polar surface area (TPSA) is 24.9 Å². The highest BCUT2D eigenvalue weighted by molar-refractivity contribution is 5.78. The molecular weight excluding hydrogens is 244 g/mol. The Morgan fingerprint density at radius 1 is 1.25 bits per heavy atom. The van der Waals surface area contributed by atoms with Gasteiger partial charge in [0.05, 0.1) is 5.52 Å². The van der Waals surface area contributed by atoms with Crippen molar-refractivity contribution in [2.75, 3.05) is 6.54 Å². The maximum atomic E-state index is 4.82. The maximum Gasteiger partial charge on any atom is 0.0705 e. The molecule has 1 aliphatic rings. The van der Waals surface area contributed by atoms with Crippen LogP contribution in [0.5, 0.6) is 0 Å². The van der Waals surface area contributed by atoms with Gasteiger partial charge in [0.2, 0.25) is 0 Å². The van der Waals surface area contributed by atoms with E-state index in [0.29, 0.717) is 6.04 Å². The number of pyridine rings is 1. The van der Waals surface area contributed by atoms with Crippen LogP contribution in [0.1, 0.15) is 32.4 Å².